The second-order valence-corrected chi connectivity index (χ2v) is 2.67. The number of Topliss-reactive ketones (excluding diaryl/α,β-unsaturated/α-hetero) is 1. The molecule has 1 N–H and O–H groups in total. The van der Waals surface area contributed by atoms with Gasteiger partial charge in [-0.05, 0) is 18.3 Å². The lowest BCUT2D eigenvalue weighted by molar-refractivity contribution is -0.139. The highest BCUT2D eigenvalue weighted by atomic mass is 16.5. The van der Waals surface area contributed by atoms with Crippen molar-refractivity contribution >= 4 is 18.0 Å². The van der Waals surface area contributed by atoms with Gasteiger partial charge in [0.05, 0.1) is 19.7 Å². The molecule has 0 saturated carbocycles. The van der Waals surface area contributed by atoms with Gasteiger partial charge in [0.1, 0.15) is 0 Å². The van der Waals surface area contributed by atoms with Crippen molar-refractivity contribution in [3.05, 3.63) is 0 Å². The first-order chi connectivity index (χ1) is 7.15. The molecule has 0 fully saturated rings. The van der Waals surface area contributed by atoms with Gasteiger partial charge in [-0.25, -0.2) is 0 Å². The van der Waals surface area contributed by atoms with Gasteiger partial charge in [0.25, 0.3) is 0 Å². The predicted molar refractivity (Wildman–Crippen MR) is 52.9 cm³/mol. The van der Waals surface area contributed by atoms with Crippen molar-refractivity contribution in [3.63, 3.8) is 0 Å². The quantitative estimate of drug-likeness (QED) is 0.282. The second kappa shape index (κ2) is 7.71. The van der Waals surface area contributed by atoms with Gasteiger partial charge in [-0.2, -0.15) is 0 Å². The van der Waals surface area contributed by atoms with E-state index in [4.69, 9.17) is 0 Å². The number of nitrogens with one attached hydrogen (secondary N) is 1. The lowest BCUT2D eigenvalue weighted by Gasteiger charge is -2.11. The summed E-state index contributed by atoms with van der Waals surface area (Å²) in [6, 6.07) is -0.545. The number of carbonyl (C=O) groups is 3. The molecule has 0 radical (unpaired) electrons. The van der Waals surface area contributed by atoms with Crippen LogP contribution in [0.25, 0.3) is 0 Å². The first kappa shape index (κ1) is 13.3. The third-order valence-electron chi connectivity index (χ3n) is 1.70. The number of ketones is 1. The van der Waals surface area contributed by atoms with Gasteiger partial charge in [-0.1, -0.05) is 6.92 Å². The summed E-state index contributed by atoms with van der Waals surface area (Å²) < 4.78 is 4.40. The van der Waals surface area contributed by atoms with Gasteiger partial charge in [0.15, 0.2) is 6.29 Å². The molecule has 0 aromatic heterocycles. The van der Waals surface area contributed by atoms with Crippen molar-refractivity contribution in [1.29, 1.82) is 0 Å². The summed E-state index contributed by atoms with van der Waals surface area (Å²) in [6.45, 7) is 1.72. The third-order valence-corrected chi connectivity index (χ3v) is 1.70. The molecule has 82 valence electrons. The highest BCUT2D eigenvalue weighted by Gasteiger charge is 2.14. The summed E-state index contributed by atoms with van der Waals surface area (Å²) in [5.74, 6) is 3.32. The molecular formula is C10H13NO4. The maximum Gasteiger partial charge on any atom is 0.319 e. The molecule has 0 heterocycles. The van der Waals surface area contributed by atoms with Crippen LogP contribution in [0.3, 0.4) is 0 Å². The molecule has 1 atom stereocenters. The smallest absolute Gasteiger partial charge is 0.319 e. The predicted octanol–water partition coefficient (Wildman–Crippen LogP) is -0.701. The number of methoxy groups -OCH3 is 1. The average molecular weight is 211 g/mol. The third kappa shape index (κ3) is 5.60. The number of hydrogen-bond donors (Lipinski definition) is 1. The van der Waals surface area contributed by atoms with E-state index in [1.54, 1.807) is 6.92 Å². The zero-order valence-corrected chi connectivity index (χ0v) is 8.70. The Morgan fingerprint density at radius 2 is 2.20 bits per heavy atom. The standard InChI is InChI=1S/C10H13NO4/c1-3-8(9(13)5-4-6-12)11-7-10(14)15-2/h6,8,11H,3,7H2,1-2H3. The molecule has 15 heavy (non-hydrogen) atoms. The Kier molecular flexibility index (Phi) is 6.85. The van der Waals surface area contributed by atoms with Crippen molar-refractivity contribution < 1.29 is 19.1 Å². The Balaban J connectivity index is 4.18. The molecular weight excluding hydrogens is 198 g/mol. The van der Waals surface area contributed by atoms with Crippen LogP contribution in [0.2, 0.25) is 0 Å². The van der Waals surface area contributed by atoms with Crippen molar-refractivity contribution in [1.82, 2.24) is 5.32 Å². The molecule has 0 rings (SSSR count). The minimum atomic E-state index is -0.545. The fourth-order valence-corrected chi connectivity index (χ4v) is 0.889. The van der Waals surface area contributed by atoms with Crippen LogP contribution < -0.4 is 5.32 Å². The van der Waals surface area contributed by atoms with Gasteiger partial charge >= 0.3 is 5.97 Å². The lowest BCUT2D eigenvalue weighted by Crippen LogP contribution is -2.39. The maximum atomic E-state index is 11.3. The Labute approximate surface area is 88.2 Å². The van der Waals surface area contributed by atoms with Crippen LogP contribution in [0.15, 0.2) is 0 Å². The summed E-state index contributed by atoms with van der Waals surface area (Å²) in [7, 11) is 1.26. The average Bonchev–Trinajstić information content (AvgIpc) is 2.26. The fraction of sp³-hybridized carbons (Fsp3) is 0.500. The van der Waals surface area contributed by atoms with E-state index in [9.17, 15) is 14.4 Å². The highest BCUT2D eigenvalue weighted by molar-refractivity contribution is 6.02. The maximum absolute atomic E-state index is 11.3. The molecule has 0 aliphatic heterocycles. The summed E-state index contributed by atoms with van der Waals surface area (Å²) in [4.78, 5) is 32.0. The number of rotatable bonds is 5. The summed E-state index contributed by atoms with van der Waals surface area (Å²) in [5.41, 5.74) is 0. The second-order valence-electron chi connectivity index (χ2n) is 2.67. The van der Waals surface area contributed by atoms with E-state index < -0.39 is 17.8 Å². The fourth-order valence-electron chi connectivity index (χ4n) is 0.889. The van der Waals surface area contributed by atoms with Crippen LogP contribution in [-0.4, -0.2) is 37.7 Å². The zero-order chi connectivity index (χ0) is 11.7. The van der Waals surface area contributed by atoms with Crippen molar-refractivity contribution in [2.75, 3.05) is 13.7 Å². The van der Waals surface area contributed by atoms with Crippen LogP contribution in [0, 0.1) is 11.8 Å². The van der Waals surface area contributed by atoms with Crippen molar-refractivity contribution in [2.24, 2.45) is 0 Å². The monoisotopic (exact) mass is 211 g/mol. The molecule has 0 aromatic rings. The molecule has 0 aliphatic carbocycles. The van der Waals surface area contributed by atoms with Gasteiger partial charge in [-0.15, -0.1) is 0 Å². The van der Waals surface area contributed by atoms with Gasteiger partial charge < -0.3 is 4.74 Å². The Hall–Kier alpha value is -1.67. The van der Waals surface area contributed by atoms with Crippen LogP contribution in [0.1, 0.15) is 13.3 Å². The first-order valence-electron chi connectivity index (χ1n) is 4.44. The first-order valence-corrected chi connectivity index (χ1v) is 4.44. The lowest BCUT2D eigenvalue weighted by atomic mass is 10.1. The number of ether oxygens (including phenoxy) is 1. The van der Waals surface area contributed by atoms with E-state index >= 15 is 0 Å². The molecule has 0 bridgehead atoms. The highest BCUT2D eigenvalue weighted by Crippen LogP contribution is 1.92. The molecule has 1 unspecified atom stereocenters. The summed E-state index contributed by atoms with van der Waals surface area (Å²) in [5, 5.41) is 2.69. The Morgan fingerprint density at radius 1 is 1.53 bits per heavy atom. The number of hydrogen-bond acceptors (Lipinski definition) is 5. The zero-order valence-electron chi connectivity index (χ0n) is 8.70. The van der Waals surface area contributed by atoms with Crippen LogP contribution in [0.5, 0.6) is 0 Å². The SMILES string of the molecule is CCC(NCC(=O)OC)C(=O)C#CC=O. The summed E-state index contributed by atoms with van der Waals surface area (Å²) >= 11 is 0. The van der Waals surface area contributed by atoms with E-state index in [0.29, 0.717) is 12.7 Å². The molecule has 5 nitrogen and oxygen atoms in total. The van der Waals surface area contributed by atoms with E-state index in [-0.39, 0.29) is 6.54 Å². The molecule has 0 aliphatic rings. The largest absolute Gasteiger partial charge is 0.468 e. The summed E-state index contributed by atoms with van der Waals surface area (Å²) in [6.07, 6.45) is 0.842. The molecule has 0 aromatic carbocycles. The van der Waals surface area contributed by atoms with Gasteiger partial charge in [0, 0.05) is 0 Å². The van der Waals surface area contributed by atoms with E-state index in [1.165, 1.54) is 7.11 Å². The Morgan fingerprint density at radius 3 is 2.67 bits per heavy atom. The molecule has 0 amide bonds. The molecule has 0 saturated heterocycles. The van der Waals surface area contributed by atoms with Crippen LogP contribution in [-0.2, 0) is 19.1 Å². The Bertz CT molecular complexity index is 300. The number of esters is 1. The number of aldehydes is 1. The molecule has 0 spiro atoms. The van der Waals surface area contributed by atoms with E-state index in [2.05, 4.69) is 16.0 Å². The van der Waals surface area contributed by atoms with Crippen molar-refractivity contribution in [2.45, 2.75) is 19.4 Å². The topological polar surface area (TPSA) is 72.5 Å². The van der Waals surface area contributed by atoms with E-state index in [1.807, 2.05) is 5.92 Å². The van der Waals surface area contributed by atoms with Gasteiger partial charge in [-0.3, -0.25) is 19.7 Å². The number of carbonyl (C=O) groups excluding carboxylic acids is 3. The minimum Gasteiger partial charge on any atom is -0.468 e. The van der Waals surface area contributed by atoms with Crippen LogP contribution >= 0.6 is 0 Å². The van der Waals surface area contributed by atoms with Gasteiger partial charge in [0.2, 0.25) is 5.78 Å². The normalized spacial score (nSPS) is 10.8. The van der Waals surface area contributed by atoms with E-state index in [0.717, 1.165) is 0 Å². The minimum absolute atomic E-state index is 0.0521. The molecule has 5 heteroatoms. The van der Waals surface area contributed by atoms with Crippen LogP contribution in [0.4, 0.5) is 0 Å². The van der Waals surface area contributed by atoms with Crippen molar-refractivity contribution in [3.8, 4) is 11.8 Å².